The third-order valence-electron chi connectivity index (χ3n) is 8.84. The summed E-state index contributed by atoms with van der Waals surface area (Å²) in [6, 6.07) is 5.79. The van der Waals surface area contributed by atoms with E-state index in [-0.39, 0.29) is 62.3 Å². The number of aryl methyl sites for hydroxylation is 3. The van der Waals surface area contributed by atoms with Crippen molar-refractivity contribution in [3.8, 4) is 0 Å². The quantitative estimate of drug-likeness (QED) is 0.0541. The lowest BCUT2D eigenvalue weighted by Crippen LogP contribution is -2.46. The van der Waals surface area contributed by atoms with Gasteiger partial charge in [-0.3, -0.25) is 19.1 Å². The van der Waals surface area contributed by atoms with Gasteiger partial charge in [-0.2, -0.15) is 9.59 Å². The Balaban J connectivity index is 0.00000120. The molecule has 4 amide bonds. The second-order valence-electron chi connectivity index (χ2n) is 15.0. The van der Waals surface area contributed by atoms with E-state index in [1.807, 2.05) is 39.1 Å². The zero-order chi connectivity index (χ0) is 48.5. The van der Waals surface area contributed by atoms with E-state index in [2.05, 4.69) is 31.6 Å². The Kier molecular flexibility index (Phi) is 36.5. The van der Waals surface area contributed by atoms with Gasteiger partial charge in [-0.15, -0.1) is 5.10 Å². The lowest BCUT2D eigenvalue weighted by Gasteiger charge is -2.15. The highest BCUT2D eigenvalue weighted by Gasteiger charge is 2.19. The fraction of sp³-hybridized carbons (Fsp3) is 0.659. The van der Waals surface area contributed by atoms with Crippen molar-refractivity contribution < 1.29 is 67.5 Å². The highest BCUT2D eigenvalue weighted by molar-refractivity contribution is 5.94. The first kappa shape index (κ1) is 59.4. The summed E-state index contributed by atoms with van der Waals surface area (Å²) in [6.07, 6.45) is 10.8. The van der Waals surface area contributed by atoms with Crippen molar-refractivity contribution in [2.45, 2.75) is 123 Å². The van der Waals surface area contributed by atoms with Crippen LogP contribution >= 0.6 is 0 Å². The predicted molar refractivity (Wildman–Crippen MR) is 236 cm³/mol. The molecular formula is C44H71N7O14. The van der Waals surface area contributed by atoms with E-state index in [0.717, 1.165) is 49.8 Å². The molecule has 21 heteroatoms. The van der Waals surface area contributed by atoms with Crippen molar-refractivity contribution in [1.82, 2.24) is 36.3 Å². The summed E-state index contributed by atoms with van der Waals surface area (Å²) >= 11 is 0. The first-order chi connectivity index (χ1) is 31.2. The van der Waals surface area contributed by atoms with E-state index in [1.54, 1.807) is 23.7 Å². The topological polar surface area (TPSA) is 293 Å². The molecule has 1 aromatic carbocycles. The van der Waals surface area contributed by atoms with E-state index in [4.69, 9.17) is 33.6 Å². The molecule has 65 heavy (non-hydrogen) atoms. The van der Waals surface area contributed by atoms with Crippen molar-refractivity contribution in [2.75, 3.05) is 65.9 Å². The van der Waals surface area contributed by atoms with E-state index in [0.29, 0.717) is 84.1 Å². The van der Waals surface area contributed by atoms with Crippen LogP contribution in [0.4, 0.5) is 4.79 Å². The van der Waals surface area contributed by atoms with Crippen LogP contribution in [0.15, 0.2) is 30.5 Å². The van der Waals surface area contributed by atoms with Gasteiger partial charge in [0.1, 0.15) is 18.4 Å². The van der Waals surface area contributed by atoms with Gasteiger partial charge in [0.25, 0.3) is 5.91 Å². The Morgan fingerprint density at radius 1 is 0.738 bits per heavy atom. The van der Waals surface area contributed by atoms with E-state index < -0.39 is 24.0 Å². The van der Waals surface area contributed by atoms with Gasteiger partial charge in [0.15, 0.2) is 0 Å². The van der Waals surface area contributed by atoms with Crippen molar-refractivity contribution in [1.29, 1.82) is 0 Å². The van der Waals surface area contributed by atoms with Gasteiger partial charge in [-0.05, 0) is 84.8 Å². The lowest BCUT2D eigenvalue weighted by atomic mass is 10.1. The van der Waals surface area contributed by atoms with Crippen LogP contribution in [0, 0.1) is 6.92 Å². The number of benzene rings is 1. The molecule has 0 bridgehead atoms. The molecule has 1 aromatic heterocycles. The van der Waals surface area contributed by atoms with Gasteiger partial charge in [0.05, 0.1) is 51.4 Å². The molecule has 0 saturated carbocycles. The molecule has 2 rings (SSSR count). The summed E-state index contributed by atoms with van der Waals surface area (Å²) < 4.78 is 23.1. The van der Waals surface area contributed by atoms with Crippen LogP contribution in [0.2, 0.25) is 0 Å². The molecule has 0 radical (unpaired) electrons. The van der Waals surface area contributed by atoms with Crippen molar-refractivity contribution in [3.05, 3.63) is 47.3 Å². The first-order valence-corrected chi connectivity index (χ1v) is 22.0. The molecule has 0 unspecified atom stereocenters. The molecule has 6 N–H and O–H groups in total. The molecule has 0 fully saturated rings. The van der Waals surface area contributed by atoms with E-state index in [9.17, 15) is 33.9 Å². The van der Waals surface area contributed by atoms with Gasteiger partial charge in [-0.1, -0.05) is 42.2 Å². The molecule has 0 aliphatic heterocycles. The van der Waals surface area contributed by atoms with Crippen LogP contribution in [0.1, 0.15) is 113 Å². The lowest BCUT2D eigenvalue weighted by molar-refractivity contribution is -0.191. The number of amides is 4. The number of carboxylic acid groups (broad SMARTS) is 2. The van der Waals surface area contributed by atoms with Crippen molar-refractivity contribution >= 4 is 41.7 Å². The van der Waals surface area contributed by atoms with Gasteiger partial charge < -0.3 is 55.2 Å². The monoisotopic (exact) mass is 922 g/mol. The highest BCUT2D eigenvalue weighted by Crippen LogP contribution is 2.10. The molecule has 0 spiro atoms. The third-order valence-corrected chi connectivity index (χ3v) is 8.84. The molecule has 1 heterocycles. The number of rotatable bonds is 35. The minimum absolute atomic E-state index is 0.0376. The fourth-order valence-corrected chi connectivity index (χ4v) is 5.44. The van der Waals surface area contributed by atoms with Gasteiger partial charge in [0.2, 0.25) is 5.91 Å². The first-order valence-electron chi connectivity index (χ1n) is 22.0. The highest BCUT2D eigenvalue weighted by atomic mass is 16.5. The maximum Gasteiger partial charge on any atom is 0.373 e. The Hall–Kier alpha value is -5.60. The van der Waals surface area contributed by atoms with Crippen LogP contribution in [-0.4, -0.2) is 145 Å². The van der Waals surface area contributed by atoms with Gasteiger partial charge in [-0.25, -0.2) is 9.59 Å². The SMILES string of the molecule is CC(=O)CCCCCCCc1cn(CCCC[C@H](NC(=O)NCCCC(=O)O)C(=O)O)nn1.Cc1ccc(C(=O)NCCOCCOCCOCCNC(=O)COC(C)C)cc1.O=C=O. The summed E-state index contributed by atoms with van der Waals surface area (Å²) in [6.45, 7) is 11.8. The van der Waals surface area contributed by atoms with Crippen molar-refractivity contribution in [2.24, 2.45) is 0 Å². The number of hydrogen-bond acceptors (Lipinski definition) is 14. The minimum atomic E-state index is -1.11. The largest absolute Gasteiger partial charge is 0.481 e. The summed E-state index contributed by atoms with van der Waals surface area (Å²) in [5.41, 5.74) is 2.69. The molecule has 2 aromatic rings. The summed E-state index contributed by atoms with van der Waals surface area (Å²) in [5.74, 6) is -2.06. The summed E-state index contributed by atoms with van der Waals surface area (Å²) in [4.78, 5) is 84.0. The predicted octanol–water partition coefficient (Wildman–Crippen LogP) is 3.27. The molecule has 0 aliphatic carbocycles. The number of ether oxygens (including phenoxy) is 4. The van der Waals surface area contributed by atoms with E-state index in [1.165, 1.54) is 0 Å². The number of hydrogen-bond donors (Lipinski definition) is 6. The van der Waals surface area contributed by atoms with Crippen LogP contribution in [0.3, 0.4) is 0 Å². The normalized spacial score (nSPS) is 10.9. The molecule has 21 nitrogen and oxygen atoms in total. The zero-order valence-corrected chi connectivity index (χ0v) is 38.4. The number of nitrogens with zero attached hydrogens (tertiary/aromatic N) is 3. The smallest absolute Gasteiger partial charge is 0.373 e. The zero-order valence-electron chi connectivity index (χ0n) is 38.4. The average Bonchev–Trinajstić information content (AvgIpc) is 3.71. The second-order valence-corrected chi connectivity index (χ2v) is 15.0. The number of ketones is 1. The molecular weight excluding hydrogens is 851 g/mol. The van der Waals surface area contributed by atoms with Crippen LogP contribution in [0.5, 0.6) is 0 Å². The summed E-state index contributed by atoms with van der Waals surface area (Å²) in [5, 5.41) is 36.5. The van der Waals surface area contributed by atoms with Crippen LogP contribution < -0.4 is 21.3 Å². The van der Waals surface area contributed by atoms with Gasteiger partial charge in [0, 0.05) is 50.8 Å². The minimum Gasteiger partial charge on any atom is -0.481 e. The number of aliphatic carboxylic acids is 2. The Morgan fingerprint density at radius 2 is 1.34 bits per heavy atom. The number of carbonyl (C=O) groups is 6. The molecule has 0 aliphatic rings. The number of carbonyl (C=O) groups excluding carboxylic acids is 6. The van der Waals surface area contributed by atoms with E-state index >= 15 is 0 Å². The molecule has 1 atom stereocenters. The van der Waals surface area contributed by atoms with Crippen LogP contribution in [-0.2, 0) is 60.7 Å². The van der Waals surface area contributed by atoms with Crippen LogP contribution in [0.25, 0.3) is 0 Å². The average molecular weight is 922 g/mol. The number of Topliss-reactive ketones (excluding diaryl/α,β-unsaturated/α-hetero) is 1. The Labute approximate surface area is 381 Å². The number of aromatic nitrogens is 3. The fourth-order valence-electron chi connectivity index (χ4n) is 5.44. The second kappa shape index (κ2) is 40.0. The molecule has 366 valence electrons. The third kappa shape index (κ3) is 37.5. The number of nitrogens with one attached hydrogen (secondary N) is 4. The standard InChI is InChI=1S/C22H37N5O6.C21H34N2O6.CO2/c1-17(28)10-5-3-2-4-6-11-18-16-27(26-25-18)15-8-7-12-19(21(31)32)24-22(33)23-14-9-13-20(29)30;1-17(2)29-16-20(24)22-8-10-26-12-14-28-15-13-27-11-9-23-21(25)19-6-4-18(3)5-7-19;2-1-3/h16,19H,2-15H2,1H3,(H,29,30)(H,31,32)(H2,23,24,33);4-7,17H,8-16H2,1-3H3,(H,22,24)(H,23,25);/t19-;;/m0../s1. The summed E-state index contributed by atoms with van der Waals surface area (Å²) in [7, 11) is 0. The maximum atomic E-state index is 11.9. The molecule has 0 saturated heterocycles. The number of carboxylic acids is 2. The maximum absolute atomic E-state index is 11.9. The van der Waals surface area contributed by atoms with Gasteiger partial charge >= 0.3 is 24.1 Å². The van der Waals surface area contributed by atoms with Crippen molar-refractivity contribution in [3.63, 3.8) is 0 Å². The Bertz CT molecular complexity index is 1650. The number of urea groups is 1. The Morgan fingerprint density at radius 3 is 1.94 bits per heavy atom. The number of unbranched alkanes of at least 4 members (excludes halogenated alkanes) is 5.